The molecule has 0 fully saturated rings. The van der Waals surface area contributed by atoms with E-state index in [-0.39, 0.29) is 33.5 Å². The predicted octanol–water partition coefficient (Wildman–Crippen LogP) is 4.21. The Bertz CT molecular complexity index is 821. The van der Waals surface area contributed by atoms with Crippen LogP contribution in [-0.2, 0) is 17.4 Å². The first-order valence-corrected chi connectivity index (χ1v) is 8.08. The summed E-state index contributed by atoms with van der Waals surface area (Å²) in [5, 5.41) is 2.59. The molecule has 0 saturated carbocycles. The third-order valence-electron chi connectivity index (χ3n) is 3.11. The molecule has 0 spiro atoms. The quantitative estimate of drug-likeness (QED) is 0.774. The molecule has 0 radical (unpaired) electrons. The standard InChI is InChI=1S/C15H12ClF3N2O3S/c1-7(22)9-3-4-10(24-2)12(16)13(9)21-11(23)5-8-6-25-14(20-8)15(17,18)19/h3-4,6H,5H2,1-2H3,(H,21,23). The second-order valence-corrected chi connectivity index (χ2v) is 6.16. The van der Waals surface area contributed by atoms with Crippen molar-refractivity contribution in [3.05, 3.63) is 38.8 Å². The van der Waals surface area contributed by atoms with E-state index in [4.69, 9.17) is 16.3 Å². The number of methoxy groups -OCH3 is 1. The van der Waals surface area contributed by atoms with Crippen LogP contribution in [0.5, 0.6) is 5.75 Å². The van der Waals surface area contributed by atoms with Crippen molar-refractivity contribution in [1.82, 2.24) is 4.98 Å². The van der Waals surface area contributed by atoms with Crippen molar-refractivity contribution in [2.45, 2.75) is 19.5 Å². The highest BCUT2D eigenvalue weighted by molar-refractivity contribution is 7.09. The minimum Gasteiger partial charge on any atom is -0.495 e. The van der Waals surface area contributed by atoms with Crippen molar-refractivity contribution in [1.29, 1.82) is 0 Å². The van der Waals surface area contributed by atoms with Gasteiger partial charge in [0.15, 0.2) is 10.8 Å². The first-order valence-electron chi connectivity index (χ1n) is 6.82. The number of carbonyl (C=O) groups is 2. The number of amides is 1. The third-order valence-corrected chi connectivity index (χ3v) is 4.42. The Labute approximate surface area is 149 Å². The number of rotatable bonds is 5. The van der Waals surface area contributed by atoms with E-state index in [0.29, 0.717) is 11.3 Å². The molecule has 0 unspecified atom stereocenters. The lowest BCUT2D eigenvalue weighted by Crippen LogP contribution is -2.17. The van der Waals surface area contributed by atoms with E-state index in [9.17, 15) is 22.8 Å². The number of ether oxygens (including phenoxy) is 1. The molecule has 0 aliphatic rings. The van der Waals surface area contributed by atoms with Crippen LogP contribution in [0.25, 0.3) is 0 Å². The van der Waals surface area contributed by atoms with Crippen LogP contribution >= 0.6 is 22.9 Å². The Balaban J connectivity index is 2.23. The second kappa shape index (κ2) is 7.40. The summed E-state index contributed by atoms with van der Waals surface area (Å²) in [6.45, 7) is 1.30. The number of hydrogen-bond acceptors (Lipinski definition) is 5. The molecule has 0 saturated heterocycles. The summed E-state index contributed by atoms with van der Waals surface area (Å²) < 4.78 is 42.7. The zero-order valence-corrected chi connectivity index (χ0v) is 14.6. The van der Waals surface area contributed by atoms with Crippen molar-refractivity contribution in [2.75, 3.05) is 12.4 Å². The number of benzene rings is 1. The predicted molar refractivity (Wildman–Crippen MR) is 87.5 cm³/mol. The number of anilines is 1. The number of Topliss-reactive ketones (excluding diaryl/α,β-unsaturated/α-hetero) is 1. The van der Waals surface area contributed by atoms with E-state index in [1.807, 2.05) is 0 Å². The van der Waals surface area contributed by atoms with E-state index in [1.54, 1.807) is 0 Å². The first kappa shape index (κ1) is 19.2. The van der Waals surface area contributed by atoms with Crippen LogP contribution in [0.15, 0.2) is 17.5 Å². The number of ketones is 1. The molecule has 1 heterocycles. The maximum Gasteiger partial charge on any atom is 0.443 e. The molecular formula is C15H12ClF3N2O3S. The molecule has 0 aliphatic heterocycles. The Morgan fingerprint density at radius 1 is 1.36 bits per heavy atom. The summed E-state index contributed by atoms with van der Waals surface area (Å²) in [7, 11) is 1.37. The zero-order valence-electron chi connectivity index (χ0n) is 13.0. The largest absolute Gasteiger partial charge is 0.495 e. The zero-order chi connectivity index (χ0) is 18.8. The molecular weight excluding hydrogens is 381 g/mol. The van der Waals surface area contributed by atoms with Crippen LogP contribution in [0, 0.1) is 0 Å². The molecule has 25 heavy (non-hydrogen) atoms. The van der Waals surface area contributed by atoms with Gasteiger partial charge in [0.1, 0.15) is 10.8 Å². The Morgan fingerprint density at radius 3 is 2.56 bits per heavy atom. The van der Waals surface area contributed by atoms with Gasteiger partial charge in [-0.1, -0.05) is 11.6 Å². The van der Waals surface area contributed by atoms with Gasteiger partial charge in [0, 0.05) is 10.9 Å². The van der Waals surface area contributed by atoms with Gasteiger partial charge in [0.2, 0.25) is 5.91 Å². The lowest BCUT2D eigenvalue weighted by molar-refractivity contribution is -0.137. The van der Waals surface area contributed by atoms with Crippen LogP contribution in [0.3, 0.4) is 0 Å². The van der Waals surface area contributed by atoms with E-state index >= 15 is 0 Å². The number of halogens is 4. The molecule has 1 amide bonds. The van der Waals surface area contributed by atoms with Crippen LogP contribution in [-0.4, -0.2) is 23.8 Å². The van der Waals surface area contributed by atoms with E-state index < -0.39 is 23.5 Å². The number of thiazole rings is 1. The lowest BCUT2D eigenvalue weighted by atomic mass is 10.1. The molecule has 0 aliphatic carbocycles. The van der Waals surface area contributed by atoms with Gasteiger partial charge in [0.25, 0.3) is 0 Å². The summed E-state index contributed by atoms with van der Waals surface area (Å²) in [5.74, 6) is -0.750. The Kier molecular flexibility index (Phi) is 5.69. The average Bonchev–Trinajstić information content (AvgIpc) is 2.97. The lowest BCUT2D eigenvalue weighted by Gasteiger charge is -2.13. The minimum absolute atomic E-state index is 0.0257. The summed E-state index contributed by atoms with van der Waals surface area (Å²) >= 11 is 6.52. The van der Waals surface area contributed by atoms with Crippen molar-refractivity contribution < 1.29 is 27.5 Å². The fraction of sp³-hybridized carbons (Fsp3) is 0.267. The number of aromatic nitrogens is 1. The Hall–Kier alpha value is -2.13. The molecule has 1 aromatic heterocycles. The van der Waals surface area contributed by atoms with Gasteiger partial charge in [-0.2, -0.15) is 13.2 Å². The molecule has 2 aromatic rings. The van der Waals surface area contributed by atoms with E-state index in [0.717, 1.165) is 5.38 Å². The van der Waals surface area contributed by atoms with Crippen molar-refractivity contribution in [3.63, 3.8) is 0 Å². The highest BCUT2D eigenvalue weighted by atomic mass is 35.5. The van der Waals surface area contributed by atoms with Crippen molar-refractivity contribution in [3.8, 4) is 5.75 Å². The maximum atomic E-state index is 12.5. The summed E-state index contributed by atoms with van der Waals surface area (Å²) in [6.07, 6.45) is -4.95. The molecule has 10 heteroatoms. The number of carbonyl (C=O) groups excluding carboxylic acids is 2. The number of nitrogens with zero attached hydrogens (tertiary/aromatic N) is 1. The molecule has 134 valence electrons. The normalized spacial score (nSPS) is 11.3. The van der Waals surface area contributed by atoms with Gasteiger partial charge < -0.3 is 10.1 Å². The second-order valence-electron chi connectivity index (χ2n) is 4.93. The van der Waals surface area contributed by atoms with Crippen LogP contribution < -0.4 is 10.1 Å². The summed E-state index contributed by atoms with van der Waals surface area (Å²) in [4.78, 5) is 27.2. The molecule has 0 atom stereocenters. The van der Waals surface area contributed by atoms with Crippen LogP contribution in [0.2, 0.25) is 5.02 Å². The third kappa shape index (κ3) is 4.49. The topological polar surface area (TPSA) is 68.3 Å². The highest BCUT2D eigenvalue weighted by Crippen LogP contribution is 2.36. The molecule has 0 bridgehead atoms. The van der Waals surface area contributed by atoms with Gasteiger partial charge in [0.05, 0.1) is 24.9 Å². The summed E-state index contributed by atoms with van der Waals surface area (Å²) in [6, 6.07) is 2.91. The van der Waals surface area contributed by atoms with Crippen LogP contribution in [0.1, 0.15) is 28.0 Å². The maximum absolute atomic E-state index is 12.5. The molecule has 1 N–H and O–H groups in total. The monoisotopic (exact) mass is 392 g/mol. The van der Waals surface area contributed by atoms with Gasteiger partial charge in [-0.25, -0.2) is 4.98 Å². The van der Waals surface area contributed by atoms with Crippen molar-refractivity contribution >= 4 is 40.3 Å². The van der Waals surface area contributed by atoms with Crippen LogP contribution in [0.4, 0.5) is 18.9 Å². The Morgan fingerprint density at radius 2 is 2.04 bits per heavy atom. The average molecular weight is 393 g/mol. The van der Waals surface area contributed by atoms with Gasteiger partial charge >= 0.3 is 6.18 Å². The van der Waals surface area contributed by atoms with Gasteiger partial charge in [-0.3, -0.25) is 9.59 Å². The van der Waals surface area contributed by atoms with E-state index in [2.05, 4.69) is 10.3 Å². The SMILES string of the molecule is COc1ccc(C(C)=O)c(NC(=O)Cc2csc(C(F)(F)F)n2)c1Cl. The van der Waals surface area contributed by atoms with Gasteiger partial charge in [-0.05, 0) is 19.1 Å². The first-order chi connectivity index (χ1) is 11.6. The molecule has 2 rings (SSSR count). The fourth-order valence-electron chi connectivity index (χ4n) is 2.00. The minimum atomic E-state index is -4.56. The number of nitrogens with one attached hydrogen (secondary N) is 1. The number of alkyl halides is 3. The van der Waals surface area contributed by atoms with E-state index in [1.165, 1.54) is 26.2 Å². The molecule has 5 nitrogen and oxygen atoms in total. The fourth-order valence-corrected chi connectivity index (χ4v) is 2.97. The highest BCUT2D eigenvalue weighted by Gasteiger charge is 2.34. The number of hydrogen-bond donors (Lipinski definition) is 1. The smallest absolute Gasteiger partial charge is 0.443 e. The van der Waals surface area contributed by atoms with Crippen molar-refractivity contribution in [2.24, 2.45) is 0 Å². The summed E-state index contributed by atoms with van der Waals surface area (Å²) in [5.41, 5.74) is 0.177. The molecule has 1 aromatic carbocycles. The van der Waals surface area contributed by atoms with Gasteiger partial charge in [-0.15, -0.1) is 11.3 Å².